The number of hydrogen-bond donors (Lipinski definition) is 0. The number of anilines is 3. The molecule has 0 aliphatic heterocycles. The van der Waals surface area contributed by atoms with Crippen LogP contribution in [0.5, 0.6) is 0 Å². The van der Waals surface area contributed by atoms with Gasteiger partial charge in [-0.2, -0.15) is 0 Å². The molecule has 0 saturated carbocycles. The van der Waals surface area contributed by atoms with Gasteiger partial charge in [0.2, 0.25) is 0 Å². The van der Waals surface area contributed by atoms with Gasteiger partial charge in [0.15, 0.2) is 8.07 Å². The molecule has 0 unspecified atom stereocenters. The first-order chi connectivity index (χ1) is 31.8. The third kappa shape index (κ3) is 5.65. The predicted molar refractivity (Wildman–Crippen MR) is 235 cm³/mol. The van der Waals surface area contributed by atoms with E-state index in [1.54, 1.807) is 41.3 Å². The Hall–Kier alpha value is -6.94. The normalized spacial score (nSPS) is 14.4. The summed E-state index contributed by atoms with van der Waals surface area (Å²) >= 11 is 0. The van der Waals surface area contributed by atoms with E-state index in [9.17, 15) is 1.37 Å². The molecule has 0 radical (unpaired) electrons. The smallest absolute Gasteiger partial charge is 0.179 e. The fourth-order valence-electron chi connectivity index (χ4n) is 7.77. The largest absolute Gasteiger partial charge is 0.456 e. The summed E-state index contributed by atoms with van der Waals surface area (Å²) < 4.78 is 102. The topological polar surface area (TPSA) is 16.4 Å². The van der Waals surface area contributed by atoms with Gasteiger partial charge in [-0.25, -0.2) is 0 Å². The summed E-state index contributed by atoms with van der Waals surface area (Å²) in [5.74, 6) is 0. The maximum Gasteiger partial charge on any atom is 0.179 e. The first kappa shape index (κ1) is 23.0. The van der Waals surface area contributed by atoms with E-state index in [1.165, 1.54) is 21.6 Å². The molecule has 0 spiro atoms. The number of para-hydroxylation sites is 2. The van der Waals surface area contributed by atoms with E-state index in [-0.39, 0.29) is 81.4 Å². The van der Waals surface area contributed by atoms with Gasteiger partial charge in [-0.15, -0.1) is 0 Å². The molecule has 260 valence electrons. The number of rotatable bonds is 8. The molecule has 0 N–H and O–H groups in total. The molecule has 0 amide bonds. The van der Waals surface area contributed by atoms with Gasteiger partial charge in [0.25, 0.3) is 0 Å². The maximum absolute atomic E-state index is 9.55. The first-order valence-electron chi connectivity index (χ1n) is 23.4. The minimum Gasteiger partial charge on any atom is -0.456 e. The van der Waals surface area contributed by atoms with Crippen molar-refractivity contribution < 1.29 is 19.5 Å². The molecule has 1 aromatic heterocycles. The van der Waals surface area contributed by atoms with Crippen molar-refractivity contribution >= 4 is 78.6 Å². The molecule has 2 nitrogen and oxygen atoms in total. The van der Waals surface area contributed by atoms with Crippen LogP contribution in [-0.4, -0.2) is 8.07 Å². The van der Waals surface area contributed by atoms with Crippen LogP contribution in [0.15, 0.2) is 229 Å². The van der Waals surface area contributed by atoms with Crippen molar-refractivity contribution in [2.24, 2.45) is 0 Å². The quantitative estimate of drug-likeness (QED) is 0.114. The van der Waals surface area contributed by atoms with E-state index in [0.717, 1.165) is 5.19 Å². The SMILES string of the molecule is [2H]c1cc2oc3c([2H])c([2H])c4ccc(-c5ccc(N(c6ccc([Si](c7ccccc7)(c7ccccc7)c7ccccc7)cc6)c6c([2H])c([2H])c([2H])c([2H])c6[2H])cc5)c([2H])c4c3c2c([2H])c1[2H]. The van der Waals surface area contributed by atoms with E-state index in [0.29, 0.717) is 27.9 Å². The van der Waals surface area contributed by atoms with E-state index in [1.807, 2.05) is 30.3 Å². The fraction of sp³-hybridized carbons (Fsp3) is 0. The standard InChI is InChI=1S/C52H37NOSi/c1-5-15-41(16-6-1)53(42-30-27-38(28-31-42)40-26-25-39-29-36-51-52(49(39)37-40)48-23-13-14-24-50(48)54-51)43-32-34-47(35-33-43)55(44-17-7-2-8-18-44,45-19-9-3-10-20-45)46-21-11-4-12-22-46/h1-37H/i1D,5D,6D,13D,14D,15D,16D,23D,29D,36D,37D. The summed E-state index contributed by atoms with van der Waals surface area (Å²) in [7, 11) is -2.93. The van der Waals surface area contributed by atoms with Crippen molar-refractivity contribution in [1.82, 2.24) is 0 Å². The summed E-state index contributed by atoms with van der Waals surface area (Å²) in [4.78, 5) is 1.66. The number of hydrogen-bond acceptors (Lipinski definition) is 2. The van der Waals surface area contributed by atoms with Crippen molar-refractivity contribution in [1.29, 1.82) is 0 Å². The second kappa shape index (κ2) is 13.8. The van der Waals surface area contributed by atoms with Gasteiger partial charge in [0.05, 0.1) is 15.1 Å². The highest BCUT2D eigenvalue weighted by atomic mass is 28.3. The van der Waals surface area contributed by atoms with Crippen LogP contribution in [0.4, 0.5) is 17.1 Å². The van der Waals surface area contributed by atoms with Crippen molar-refractivity contribution in [2.75, 3.05) is 4.90 Å². The molecule has 9 aromatic carbocycles. The van der Waals surface area contributed by atoms with Crippen LogP contribution < -0.4 is 25.6 Å². The Kier molecular flexibility index (Phi) is 5.76. The van der Waals surface area contributed by atoms with Gasteiger partial charge in [-0.1, -0.05) is 170 Å². The Morgan fingerprint density at radius 1 is 0.400 bits per heavy atom. The lowest BCUT2D eigenvalue weighted by molar-refractivity contribution is 0.669. The summed E-state index contributed by atoms with van der Waals surface area (Å²) in [6.45, 7) is 0. The molecule has 3 heteroatoms. The lowest BCUT2D eigenvalue weighted by Gasteiger charge is -2.35. The lowest BCUT2D eigenvalue weighted by atomic mass is 9.98. The molecule has 0 saturated heterocycles. The Bertz CT molecular complexity index is 3410. The minimum atomic E-state index is -2.93. The maximum atomic E-state index is 9.55. The fourth-order valence-corrected chi connectivity index (χ4v) is 12.5. The highest BCUT2D eigenvalue weighted by Crippen LogP contribution is 2.38. The van der Waals surface area contributed by atoms with Crippen molar-refractivity contribution in [3.8, 4) is 11.1 Å². The molecule has 10 aromatic rings. The average Bonchev–Trinajstić information content (AvgIpc) is 3.73. The number of furan rings is 1. The highest BCUT2D eigenvalue weighted by molar-refractivity contribution is 7.19. The van der Waals surface area contributed by atoms with Crippen LogP contribution in [0.2, 0.25) is 0 Å². The third-order valence-corrected chi connectivity index (χ3v) is 15.0. The average molecular weight is 731 g/mol. The molecule has 0 aliphatic rings. The summed E-state index contributed by atoms with van der Waals surface area (Å²) in [5, 5.41) is 5.66. The summed E-state index contributed by atoms with van der Waals surface area (Å²) in [6, 6.07) is 47.8. The predicted octanol–water partition coefficient (Wildman–Crippen LogP) is 11.3. The summed E-state index contributed by atoms with van der Waals surface area (Å²) in [6.07, 6.45) is 0. The van der Waals surface area contributed by atoms with Crippen LogP contribution in [0, 0.1) is 0 Å². The van der Waals surface area contributed by atoms with Gasteiger partial charge < -0.3 is 9.32 Å². The van der Waals surface area contributed by atoms with Gasteiger partial charge in [0, 0.05) is 27.8 Å². The van der Waals surface area contributed by atoms with Gasteiger partial charge in [0.1, 0.15) is 11.2 Å². The van der Waals surface area contributed by atoms with Crippen LogP contribution in [0.3, 0.4) is 0 Å². The molecular weight excluding hydrogens is 683 g/mol. The van der Waals surface area contributed by atoms with Crippen molar-refractivity contribution in [3.05, 3.63) is 224 Å². The number of fused-ring (bicyclic) bond motifs is 5. The van der Waals surface area contributed by atoms with Gasteiger partial charge in [-0.05, 0) is 97.1 Å². The second-order valence-corrected chi connectivity index (χ2v) is 17.1. The Balaban J connectivity index is 1.15. The molecule has 0 atom stereocenters. The van der Waals surface area contributed by atoms with E-state index < -0.39 is 26.2 Å². The molecule has 0 fully saturated rings. The monoisotopic (exact) mass is 730 g/mol. The molecular formula is C52H37NOSi. The molecule has 1 heterocycles. The Morgan fingerprint density at radius 3 is 1.56 bits per heavy atom. The minimum absolute atomic E-state index is 0.00140. The van der Waals surface area contributed by atoms with Crippen LogP contribution >= 0.6 is 0 Å². The Labute approximate surface area is 337 Å². The molecule has 0 aliphatic carbocycles. The van der Waals surface area contributed by atoms with Crippen LogP contribution in [-0.2, 0) is 0 Å². The van der Waals surface area contributed by atoms with E-state index >= 15 is 0 Å². The van der Waals surface area contributed by atoms with Gasteiger partial charge in [-0.3, -0.25) is 0 Å². The zero-order valence-corrected chi connectivity index (χ0v) is 30.4. The first-order valence-corrected chi connectivity index (χ1v) is 19.9. The zero-order valence-electron chi connectivity index (χ0n) is 40.4. The molecule has 10 rings (SSSR count). The number of nitrogens with zero attached hydrogens (tertiary/aromatic N) is 1. The van der Waals surface area contributed by atoms with Crippen molar-refractivity contribution in [3.63, 3.8) is 0 Å². The van der Waals surface area contributed by atoms with Gasteiger partial charge >= 0.3 is 0 Å². The summed E-state index contributed by atoms with van der Waals surface area (Å²) in [5.41, 5.74) is 2.17. The van der Waals surface area contributed by atoms with E-state index in [2.05, 4.69) is 84.9 Å². The lowest BCUT2D eigenvalue weighted by Crippen LogP contribution is -2.74. The number of benzene rings is 9. The molecule has 55 heavy (non-hydrogen) atoms. The Morgan fingerprint density at radius 2 is 0.945 bits per heavy atom. The third-order valence-electron chi connectivity index (χ3n) is 10.2. The van der Waals surface area contributed by atoms with Crippen LogP contribution in [0.25, 0.3) is 43.8 Å². The highest BCUT2D eigenvalue weighted by Gasteiger charge is 2.41. The zero-order chi connectivity index (χ0) is 46.2. The van der Waals surface area contributed by atoms with E-state index in [4.69, 9.17) is 18.1 Å². The second-order valence-electron chi connectivity index (χ2n) is 13.2. The molecule has 0 bridgehead atoms. The van der Waals surface area contributed by atoms with Crippen molar-refractivity contribution in [2.45, 2.75) is 0 Å². The van der Waals surface area contributed by atoms with Crippen LogP contribution in [0.1, 0.15) is 15.1 Å².